The summed E-state index contributed by atoms with van der Waals surface area (Å²) in [5.41, 5.74) is 0. The lowest BCUT2D eigenvalue weighted by Gasteiger charge is -2.43. The van der Waals surface area contributed by atoms with E-state index in [4.69, 9.17) is 4.74 Å². The van der Waals surface area contributed by atoms with Crippen LogP contribution >= 0.6 is 11.8 Å². The number of fused-ring (bicyclic) bond motifs is 1. The SMILES string of the molecule is COCCCNC(=O)CN1CCS[C@@H]2CCCC[C@H]21. The van der Waals surface area contributed by atoms with Crippen molar-refractivity contribution in [2.75, 3.05) is 39.1 Å². The van der Waals surface area contributed by atoms with Gasteiger partial charge in [-0.1, -0.05) is 12.8 Å². The van der Waals surface area contributed by atoms with Gasteiger partial charge in [-0.15, -0.1) is 0 Å². The number of ether oxygens (including phenoxy) is 1. The molecule has 5 heteroatoms. The van der Waals surface area contributed by atoms with Crippen LogP contribution in [0.25, 0.3) is 0 Å². The Morgan fingerprint density at radius 3 is 3.11 bits per heavy atom. The molecule has 2 atom stereocenters. The highest BCUT2D eigenvalue weighted by atomic mass is 32.2. The van der Waals surface area contributed by atoms with Crippen molar-refractivity contribution < 1.29 is 9.53 Å². The number of carbonyl (C=O) groups is 1. The summed E-state index contributed by atoms with van der Waals surface area (Å²) in [5, 5.41) is 3.76. The van der Waals surface area contributed by atoms with Gasteiger partial charge in [-0.3, -0.25) is 9.69 Å². The molecule has 2 fully saturated rings. The number of carbonyl (C=O) groups excluding carboxylic acids is 1. The summed E-state index contributed by atoms with van der Waals surface area (Å²) >= 11 is 2.11. The fourth-order valence-electron chi connectivity index (χ4n) is 3.06. The molecular weight excluding hydrogens is 260 g/mol. The van der Waals surface area contributed by atoms with Crippen molar-refractivity contribution in [1.29, 1.82) is 0 Å². The molecule has 0 spiro atoms. The number of hydrogen-bond donors (Lipinski definition) is 1. The number of thioether (sulfide) groups is 1. The lowest BCUT2D eigenvalue weighted by molar-refractivity contribution is -0.123. The summed E-state index contributed by atoms with van der Waals surface area (Å²) < 4.78 is 4.98. The molecule has 0 aromatic rings. The monoisotopic (exact) mass is 286 g/mol. The Morgan fingerprint density at radius 2 is 2.26 bits per heavy atom. The minimum Gasteiger partial charge on any atom is -0.385 e. The first-order valence-corrected chi connectivity index (χ1v) is 8.47. The zero-order chi connectivity index (χ0) is 13.5. The zero-order valence-electron chi connectivity index (χ0n) is 11.9. The molecule has 1 amide bonds. The van der Waals surface area contributed by atoms with E-state index < -0.39 is 0 Å². The van der Waals surface area contributed by atoms with Gasteiger partial charge in [0.05, 0.1) is 6.54 Å². The van der Waals surface area contributed by atoms with Crippen LogP contribution in [0, 0.1) is 0 Å². The van der Waals surface area contributed by atoms with Gasteiger partial charge in [0.1, 0.15) is 0 Å². The molecule has 0 aromatic heterocycles. The first-order valence-electron chi connectivity index (χ1n) is 7.42. The third-order valence-corrected chi connectivity index (χ3v) is 5.44. The van der Waals surface area contributed by atoms with Crippen LogP contribution in [0.4, 0.5) is 0 Å². The average Bonchev–Trinajstić information content (AvgIpc) is 2.44. The standard InChI is InChI=1S/C14H26N2O2S/c1-18-9-4-7-15-14(17)11-16-8-10-19-13-6-3-2-5-12(13)16/h12-13H,2-11H2,1H3,(H,15,17)/t12-,13-/m1/s1. The first kappa shape index (κ1) is 15.1. The highest BCUT2D eigenvalue weighted by Gasteiger charge is 2.34. The Hall–Kier alpha value is -0.260. The third kappa shape index (κ3) is 4.65. The third-order valence-electron chi connectivity index (χ3n) is 4.04. The minimum absolute atomic E-state index is 0.173. The van der Waals surface area contributed by atoms with E-state index in [0.29, 0.717) is 19.2 Å². The minimum atomic E-state index is 0.173. The Kier molecular flexibility index (Phi) is 6.47. The smallest absolute Gasteiger partial charge is 0.234 e. The maximum Gasteiger partial charge on any atom is 0.234 e. The van der Waals surface area contributed by atoms with Crippen molar-refractivity contribution in [2.45, 2.75) is 43.4 Å². The van der Waals surface area contributed by atoms with Gasteiger partial charge in [0.15, 0.2) is 0 Å². The van der Waals surface area contributed by atoms with Crippen LogP contribution in [0.1, 0.15) is 32.1 Å². The number of nitrogens with one attached hydrogen (secondary N) is 1. The largest absolute Gasteiger partial charge is 0.385 e. The van der Waals surface area contributed by atoms with E-state index in [1.165, 1.54) is 31.4 Å². The molecule has 1 saturated carbocycles. The normalized spacial score (nSPS) is 27.8. The maximum atomic E-state index is 11.9. The summed E-state index contributed by atoms with van der Waals surface area (Å²) in [6, 6.07) is 0.636. The maximum absolute atomic E-state index is 11.9. The quantitative estimate of drug-likeness (QED) is 0.751. The van der Waals surface area contributed by atoms with E-state index in [2.05, 4.69) is 22.0 Å². The van der Waals surface area contributed by atoms with E-state index in [0.717, 1.165) is 24.8 Å². The molecule has 0 radical (unpaired) electrons. The number of rotatable bonds is 6. The zero-order valence-corrected chi connectivity index (χ0v) is 12.7. The Balaban J connectivity index is 1.72. The fraction of sp³-hybridized carbons (Fsp3) is 0.929. The van der Waals surface area contributed by atoms with Gasteiger partial charge >= 0.3 is 0 Å². The summed E-state index contributed by atoms with van der Waals surface area (Å²) in [7, 11) is 1.69. The van der Waals surface area contributed by atoms with Crippen LogP contribution in [0.2, 0.25) is 0 Å². The number of hydrogen-bond acceptors (Lipinski definition) is 4. The molecular formula is C14H26N2O2S. The molecule has 1 saturated heterocycles. The van der Waals surface area contributed by atoms with Gasteiger partial charge in [0.2, 0.25) is 5.91 Å². The lowest BCUT2D eigenvalue weighted by atomic mass is 9.93. The van der Waals surface area contributed by atoms with E-state index in [9.17, 15) is 4.79 Å². The van der Waals surface area contributed by atoms with Gasteiger partial charge in [0, 0.05) is 43.9 Å². The topological polar surface area (TPSA) is 41.6 Å². The molecule has 0 bridgehead atoms. The summed E-state index contributed by atoms with van der Waals surface area (Å²) in [6.45, 7) is 3.08. The molecule has 0 unspecified atom stereocenters. The first-order chi connectivity index (χ1) is 9.31. The van der Waals surface area contributed by atoms with Crippen molar-refractivity contribution in [3.8, 4) is 0 Å². The summed E-state index contributed by atoms with van der Waals surface area (Å²) in [4.78, 5) is 14.4. The van der Waals surface area contributed by atoms with Crippen LogP contribution in [-0.2, 0) is 9.53 Å². The van der Waals surface area contributed by atoms with Gasteiger partial charge in [-0.25, -0.2) is 0 Å². The van der Waals surface area contributed by atoms with Crippen molar-refractivity contribution in [2.24, 2.45) is 0 Å². The molecule has 110 valence electrons. The summed E-state index contributed by atoms with van der Waals surface area (Å²) in [5.74, 6) is 1.35. The molecule has 1 N–H and O–H groups in total. The van der Waals surface area contributed by atoms with Gasteiger partial charge < -0.3 is 10.1 Å². The Morgan fingerprint density at radius 1 is 1.42 bits per heavy atom. The molecule has 19 heavy (non-hydrogen) atoms. The highest BCUT2D eigenvalue weighted by Crippen LogP contribution is 2.35. The van der Waals surface area contributed by atoms with Crippen LogP contribution in [0.5, 0.6) is 0 Å². The van der Waals surface area contributed by atoms with Crippen LogP contribution in [0.15, 0.2) is 0 Å². The lowest BCUT2D eigenvalue weighted by Crippen LogP contribution is -2.52. The fourth-order valence-corrected chi connectivity index (χ4v) is 4.56. The van der Waals surface area contributed by atoms with E-state index in [1.54, 1.807) is 7.11 Å². The van der Waals surface area contributed by atoms with Crippen molar-refractivity contribution >= 4 is 17.7 Å². The number of nitrogens with zero attached hydrogens (tertiary/aromatic N) is 1. The van der Waals surface area contributed by atoms with Crippen molar-refractivity contribution in [3.05, 3.63) is 0 Å². The molecule has 2 aliphatic rings. The second-order valence-corrected chi connectivity index (χ2v) is 6.77. The number of amides is 1. The van der Waals surface area contributed by atoms with Crippen LogP contribution in [-0.4, -0.2) is 61.2 Å². The molecule has 1 aliphatic carbocycles. The highest BCUT2D eigenvalue weighted by molar-refractivity contribution is 8.00. The van der Waals surface area contributed by atoms with Gasteiger partial charge in [-0.05, 0) is 19.3 Å². The average molecular weight is 286 g/mol. The molecule has 0 aromatic carbocycles. The molecule has 4 nitrogen and oxygen atoms in total. The second kappa shape index (κ2) is 8.12. The summed E-state index contributed by atoms with van der Waals surface area (Å²) in [6.07, 6.45) is 6.19. The van der Waals surface area contributed by atoms with E-state index >= 15 is 0 Å². The molecule has 2 rings (SSSR count). The van der Waals surface area contributed by atoms with Crippen molar-refractivity contribution in [1.82, 2.24) is 10.2 Å². The van der Waals surface area contributed by atoms with E-state index in [1.807, 2.05) is 0 Å². The molecule has 1 heterocycles. The van der Waals surface area contributed by atoms with Crippen molar-refractivity contribution in [3.63, 3.8) is 0 Å². The Labute approximate surface area is 120 Å². The molecule has 1 aliphatic heterocycles. The van der Waals surface area contributed by atoms with Gasteiger partial charge in [-0.2, -0.15) is 11.8 Å². The van der Waals surface area contributed by atoms with E-state index in [-0.39, 0.29) is 5.91 Å². The predicted molar refractivity (Wildman–Crippen MR) is 79.6 cm³/mol. The van der Waals surface area contributed by atoms with Crippen LogP contribution in [0.3, 0.4) is 0 Å². The number of methoxy groups -OCH3 is 1. The van der Waals surface area contributed by atoms with Gasteiger partial charge in [0.25, 0.3) is 0 Å². The Bertz CT molecular complexity index is 287. The predicted octanol–water partition coefficient (Wildman–Crippen LogP) is 1.50. The van der Waals surface area contributed by atoms with Crippen LogP contribution < -0.4 is 5.32 Å². The second-order valence-electron chi connectivity index (χ2n) is 5.43.